The summed E-state index contributed by atoms with van der Waals surface area (Å²) in [6, 6.07) is 10.8. The highest BCUT2D eigenvalue weighted by molar-refractivity contribution is 5.77. The van der Waals surface area contributed by atoms with E-state index >= 15 is 0 Å². The zero-order valence-electron chi connectivity index (χ0n) is 18.7. The van der Waals surface area contributed by atoms with Crippen molar-refractivity contribution in [2.75, 3.05) is 37.6 Å². The summed E-state index contributed by atoms with van der Waals surface area (Å²) in [6.07, 6.45) is 3.79. The number of hydrogen-bond donors (Lipinski definition) is 0. The second-order valence-electron chi connectivity index (χ2n) is 8.56. The van der Waals surface area contributed by atoms with Crippen molar-refractivity contribution in [3.63, 3.8) is 0 Å². The van der Waals surface area contributed by atoms with E-state index in [-0.39, 0.29) is 5.91 Å². The van der Waals surface area contributed by atoms with Gasteiger partial charge in [-0.15, -0.1) is 0 Å². The molecule has 2 aromatic rings. The van der Waals surface area contributed by atoms with Crippen LogP contribution in [-0.2, 0) is 11.3 Å². The molecule has 1 saturated carbocycles. The molecule has 0 bridgehead atoms. The smallest absolute Gasteiger partial charge is 0.223 e. The average molecular weight is 410 g/mol. The van der Waals surface area contributed by atoms with Gasteiger partial charge in [-0.2, -0.15) is 5.10 Å². The first-order valence-corrected chi connectivity index (χ1v) is 11.5. The normalized spacial score (nSPS) is 17.4. The Bertz CT molecular complexity index is 850. The molecule has 6 nitrogen and oxygen atoms in total. The van der Waals surface area contributed by atoms with E-state index < -0.39 is 0 Å². The monoisotopic (exact) mass is 409 g/mol. The Hall–Kier alpha value is -2.34. The van der Waals surface area contributed by atoms with E-state index in [9.17, 15) is 4.79 Å². The fraction of sp³-hybridized carbons (Fsp3) is 0.583. The molecule has 0 atom stereocenters. The number of benzene rings is 1. The highest BCUT2D eigenvalue weighted by Gasteiger charge is 2.34. The zero-order valence-corrected chi connectivity index (χ0v) is 18.7. The van der Waals surface area contributed by atoms with E-state index in [0.717, 1.165) is 63.4 Å². The van der Waals surface area contributed by atoms with Gasteiger partial charge in [-0.05, 0) is 44.9 Å². The molecule has 1 aliphatic carbocycles. The number of hydrogen-bond acceptors (Lipinski definition) is 4. The number of likely N-dealkylation sites (N-methyl/N-ethyl adjacent to an activating group) is 1. The molecule has 2 aliphatic rings. The third kappa shape index (κ3) is 4.38. The van der Waals surface area contributed by atoms with Gasteiger partial charge in [0.25, 0.3) is 0 Å². The summed E-state index contributed by atoms with van der Waals surface area (Å²) >= 11 is 0. The highest BCUT2D eigenvalue weighted by Crippen LogP contribution is 2.34. The zero-order chi connectivity index (χ0) is 21.1. The molecule has 162 valence electrons. The molecule has 0 unspecified atom stereocenters. The van der Waals surface area contributed by atoms with Gasteiger partial charge in [-0.1, -0.05) is 32.0 Å². The molecule has 1 aromatic carbocycles. The maximum absolute atomic E-state index is 12.9. The molecule has 0 spiro atoms. The van der Waals surface area contributed by atoms with Gasteiger partial charge >= 0.3 is 0 Å². The summed E-state index contributed by atoms with van der Waals surface area (Å²) in [4.78, 5) is 20.0. The molecule has 2 fully saturated rings. The molecule has 0 N–H and O–H groups in total. The summed E-state index contributed by atoms with van der Waals surface area (Å²) in [5.74, 6) is 1.46. The van der Waals surface area contributed by atoms with Gasteiger partial charge in [0, 0.05) is 44.2 Å². The fourth-order valence-electron chi connectivity index (χ4n) is 4.42. The topological polar surface area (TPSA) is 44.6 Å². The van der Waals surface area contributed by atoms with Crippen LogP contribution in [0.3, 0.4) is 0 Å². The van der Waals surface area contributed by atoms with E-state index in [4.69, 9.17) is 5.10 Å². The van der Waals surface area contributed by atoms with Crippen LogP contribution in [-0.4, -0.2) is 64.3 Å². The first kappa shape index (κ1) is 20.9. The number of nitrogens with zero attached hydrogens (tertiary/aromatic N) is 5. The number of carbonyl (C=O) groups is 1. The standard InChI is InChI=1S/C24H35N5O/c1-4-9-23(30)28(20-12-13-20)18-22-19(3)25-29(21-10-7-6-8-11-21)24(22)27-16-14-26(5-2)15-17-27/h6-8,10-11,20H,4-5,9,12-18H2,1-3H3. The molecule has 1 amide bonds. The van der Waals surface area contributed by atoms with Gasteiger partial charge in [0.2, 0.25) is 5.91 Å². The minimum absolute atomic E-state index is 0.286. The lowest BCUT2D eigenvalue weighted by Crippen LogP contribution is -2.47. The van der Waals surface area contributed by atoms with Crippen LogP contribution in [0.4, 0.5) is 5.82 Å². The Kier molecular flexibility index (Phi) is 6.42. The highest BCUT2D eigenvalue weighted by atomic mass is 16.2. The average Bonchev–Trinajstić information content (AvgIpc) is 3.56. The number of aromatic nitrogens is 2. The predicted molar refractivity (Wildman–Crippen MR) is 121 cm³/mol. The SMILES string of the molecule is CCCC(=O)N(Cc1c(C)nn(-c2ccccc2)c1N1CCN(CC)CC1)C1CC1. The van der Waals surface area contributed by atoms with Crippen LogP contribution in [0.1, 0.15) is 50.8 Å². The predicted octanol–water partition coefficient (Wildman–Crippen LogP) is 3.61. The van der Waals surface area contributed by atoms with E-state index in [1.54, 1.807) is 0 Å². The van der Waals surface area contributed by atoms with E-state index in [0.29, 0.717) is 19.0 Å². The number of anilines is 1. The third-order valence-electron chi connectivity index (χ3n) is 6.38. The lowest BCUT2D eigenvalue weighted by molar-refractivity contribution is -0.132. The molecule has 2 heterocycles. The Balaban J connectivity index is 1.70. The van der Waals surface area contributed by atoms with Crippen molar-refractivity contribution in [1.29, 1.82) is 0 Å². The molecular formula is C24H35N5O. The second-order valence-corrected chi connectivity index (χ2v) is 8.56. The number of piperazine rings is 1. The Morgan fingerprint density at radius 1 is 1.10 bits per heavy atom. The van der Waals surface area contributed by atoms with Crippen LogP contribution in [0, 0.1) is 6.92 Å². The Morgan fingerprint density at radius 3 is 2.40 bits per heavy atom. The van der Waals surface area contributed by atoms with Crippen molar-refractivity contribution in [2.24, 2.45) is 0 Å². The lowest BCUT2D eigenvalue weighted by Gasteiger charge is -2.36. The molecule has 0 radical (unpaired) electrons. The summed E-state index contributed by atoms with van der Waals surface area (Å²) in [5, 5.41) is 4.96. The van der Waals surface area contributed by atoms with Gasteiger partial charge in [0.15, 0.2) is 0 Å². The Morgan fingerprint density at radius 2 is 1.80 bits per heavy atom. The van der Waals surface area contributed by atoms with Crippen LogP contribution in [0.15, 0.2) is 30.3 Å². The number of amides is 1. The number of carbonyl (C=O) groups excluding carboxylic acids is 1. The largest absolute Gasteiger partial charge is 0.354 e. The third-order valence-corrected chi connectivity index (χ3v) is 6.38. The maximum atomic E-state index is 12.9. The minimum atomic E-state index is 0.286. The molecule has 1 aliphatic heterocycles. The second kappa shape index (κ2) is 9.21. The number of rotatable bonds is 8. The first-order chi connectivity index (χ1) is 14.6. The summed E-state index contributed by atoms with van der Waals surface area (Å²) in [5.41, 5.74) is 3.32. The van der Waals surface area contributed by atoms with Gasteiger partial charge in [0.05, 0.1) is 17.9 Å². The maximum Gasteiger partial charge on any atom is 0.223 e. The van der Waals surface area contributed by atoms with Crippen molar-refractivity contribution in [2.45, 2.75) is 59.0 Å². The summed E-state index contributed by atoms with van der Waals surface area (Å²) in [6.45, 7) is 12.3. The molecule has 4 rings (SSSR count). The summed E-state index contributed by atoms with van der Waals surface area (Å²) in [7, 11) is 0. The fourth-order valence-corrected chi connectivity index (χ4v) is 4.42. The van der Waals surface area contributed by atoms with Crippen LogP contribution in [0.2, 0.25) is 0 Å². The van der Waals surface area contributed by atoms with Gasteiger partial charge in [-0.25, -0.2) is 4.68 Å². The molecular weight excluding hydrogens is 374 g/mol. The minimum Gasteiger partial charge on any atom is -0.354 e. The molecule has 6 heteroatoms. The van der Waals surface area contributed by atoms with Crippen LogP contribution < -0.4 is 4.90 Å². The quantitative estimate of drug-likeness (QED) is 0.668. The van der Waals surface area contributed by atoms with Crippen LogP contribution >= 0.6 is 0 Å². The van der Waals surface area contributed by atoms with Crippen molar-refractivity contribution in [3.05, 3.63) is 41.6 Å². The molecule has 30 heavy (non-hydrogen) atoms. The van der Waals surface area contributed by atoms with Crippen LogP contribution in [0.25, 0.3) is 5.69 Å². The van der Waals surface area contributed by atoms with Crippen molar-refractivity contribution in [1.82, 2.24) is 19.6 Å². The van der Waals surface area contributed by atoms with E-state index in [1.807, 2.05) is 6.07 Å². The van der Waals surface area contributed by atoms with Gasteiger partial charge < -0.3 is 14.7 Å². The number of para-hydroxylation sites is 1. The van der Waals surface area contributed by atoms with E-state index in [1.165, 1.54) is 11.4 Å². The number of aryl methyl sites for hydroxylation is 1. The summed E-state index contributed by atoms with van der Waals surface area (Å²) < 4.78 is 2.10. The van der Waals surface area contributed by atoms with Crippen molar-refractivity contribution < 1.29 is 4.79 Å². The van der Waals surface area contributed by atoms with E-state index in [2.05, 4.69) is 64.4 Å². The lowest BCUT2D eigenvalue weighted by atomic mass is 10.1. The van der Waals surface area contributed by atoms with Crippen molar-refractivity contribution >= 4 is 11.7 Å². The van der Waals surface area contributed by atoms with Crippen LogP contribution in [0.5, 0.6) is 0 Å². The van der Waals surface area contributed by atoms with Crippen molar-refractivity contribution in [3.8, 4) is 5.69 Å². The van der Waals surface area contributed by atoms with Gasteiger partial charge in [-0.3, -0.25) is 4.79 Å². The Labute approximate surface area is 180 Å². The molecule has 1 aromatic heterocycles. The molecule has 1 saturated heterocycles. The van der Waals surface area contributed by atoms with Gasteiger partial charge in [0.1, 0.15) is 5.82 Å². The first-order valence-electron chi connectivity index (χ1n) is 11.5.